The molecule has 1 aliphatic carbocycles. The van der Waals surface area contributed by atoms with Gasteiger partial charge in [-0.3, -0.25) is 4.79 Å². The van der Waals surface area contributed by atoms with Crippen molar-refractivity contribution in [2.24, 2.45) is 11.7 Å². The standard InChI is InChI=1S/C13H17NO2/c14-12(11-6-7-11)8-13(15)16-9-10-4-2-1-3-5-10/h1-5,11-12H,6-9,14H2. The molecule has 1 aromatic carbocycles. The lowest BCUT2D eigenvalue weighted by Crippen LogP contribution is -2.26. The smallest absolute Gasteiger partial charge is 0.307 e. The second kappa shape index (κ2) is 5.12. The van der Waals surface area contributed by atoms with Crippen LogP contribution in [0.25, 0.3) is 0 Å². The molecule has 3 nitrogen and oxygen atoms in total. The number of hydrogen-bond acceptors (Lipinski definition) is 3. The highest BCUT2D eigenvalue weighted by atomic mass is 16.5. The van der Waals surface area contributed by atoms with Crippen LogP contribution in [0.1, 0.15) is 24.8 Å². The Balaban J connectivity index is 1.71. The van der Waals surface area contributed by atoms with Crippen molar-refractivity contribution < 1.29 is 9.53 Å². The van der Waals surface area contributed by atoms with E-state index in [1.165, 1.54) is 0 Å². The van der Waals surface area contributed by atoms with E-state index < -0.39 is 0 Å². The van der Waals surface area contributed by atoms with E-state index in [2.05, 4.69) is 0 Å². The summed E-state index contributed by atoms with van der Waals surface area (Å²) < 4.78 is 5.16. The maximum atomic E-state index is 11.5. The number of ether oxygens (including phenoxy) is 1. The highest BCUT2D eigenvalue weighted by Crippen LogP contribution is 2.32. The Morgan fingerprint density at radius 2 is 2.06 bits per heavy atom. The van der Waals surface area contributed by atoms with Gasteiger partial charge in [-0.1, -0.05) is 30.3 Å². The third kappa shape index (κ3) is 3.35. The minimum atomic E-state index is -0.191. The first kappa shape index (κ1) is 11.1. The summed E-state index contributed by atoms with van der Waals surface area (Å²) in [6.07, 6.45) is 2.66. The monoisotopic (exact) mass is 219 g/mol. The molecule has 0 heterocycles. The molecule has 86 valence electrons. The highest BCUT2D eigenvalue weighted by molar-refractivity contribution is 5.70. The van der Waals surface area contributed by atoms with Crippen LogP contribution in [0.4, 0.5) is 0 Å². The Hall–Kier alpha value is -1.35. The third-order valence-electron chi connectivity index (χ3n) is 2.87. The quantitative estimate of drug-likeness (QED) is 0.769. The van der Waals surface area contributed by atoms with Crippen LogP contribution in [0.5, 0.6) is 0 Å². The summed E-state index contributed by atoms with van der Waals surface area (Å²) in [6, 6.07) is 9.66. The fraction of sp³-hybridized carbons (Fsp3) is 0.462. The van der Waals surface area contributed by atoms with E-state index in [1.807, 2.05) is 30.3 Å². The predicted molar refractivity (Wildman–Crippen MR) is 61.6 cm³/mol. The zero-order chi connectivity index (χ0) is 11.4. The van der Waals surface area contributed by atoms with Crippen LogP contribution in [0.15, 0.2) is 30.3 Å². The second-order valence-corrected chi connectivity index (χ2v) is 4.35. The van der Waals surface area contributed by atoms with Gasteiger partial charge in [-0.15, -0.1) is 0 Å². The lowest BCUT2D eigenvalue weighted by Gasteiger charge is -2.09. The van der Waals surface area contributed by atoms with Gasteiger partial charge < -0.3 is 10.5 Å². The molecule has 1 unspecified atom stereocenters. The van der Waals surface area contributed by atoms with Gasteiger partial charge in [-0.05, 0) is 24.3 Å². The summed E-state index contributed by atoms with van der Waals surface area (Å²) in [5, 5.41) is 0. The largest absolute Gasteiger partial charge is 0.461 e. The third-order valence-corrected chi connectivity index (χ3v) is 2.87. The fourth-order valence-electron chi connectivity index (χ4n) is 1.68. The van der Waals surface area contributed by atoms with Crippen molar-refractivity contribution in [1.29, 1.82) is 0 Å². The van der Waals surface area contributed by atoms with Crippen LogP contribution in [0.3, 0.4) is 0 Å². The van der Waals surface area contributed by atoms with Gasteiger partial charge in [0, 0.05) is 6.04 Å². The molecule has 1 saturated carbocycles. The molecule has 1 fully saturated rings. The lowest BCUT2D eigenvalue weighted by molar-refractivity contribution is -0.145. The van der Waals surface area contributed by atoms with Gasteiger partial charge in [-0.2, -0.15) is 0 Å². The number of esters is 1. The first-order valence-electron chi connectivity index (χ1n) is 5.71. The zero-order valence-corrected chi connectivity index (χ0v) is 9.26. The molecule has 0 aliphatic heterocycles. The van der Waals surface area contributed by atoms with Crippen LogP contribution in [0.2, 0.25) is 0 Å². The number of carbonyl (C=O) groups is 1. The summed E-state index contributed by atoms with van der Waals surface area (Å²) in [5.74, 6) is 0.354. The van der Waals surface area contributed by atoms with Gasteiger partial charge >= 0.3 is 5.97 Å². The van der Waals surface area contributed by atoms with Gasteiger partial charge in [0.1, 0.15) is 6.61 Å². The van der Waals surface area contributed by atoms with Crippen molar-refractivity contribution in [2.45, 2.75) is 31.9 Å². The van der Waals surface area contributed by atoms with Gasteiger partial charge in [0.05, 0.1) is 6.42 Å². The van der Waals surface area contributed by atoms with Crippen LogP contribution in [-0.2, 0) is 16.1 Å². The minimum absolute atomic E-state index is 0.0109. The van der Waals surface area contributed by atoms with Crippen molar-refractivity contribution in [3.05, 3.63) is 35.9 Å². The molecule has 2 rings (SSSR count). The lowest BCUT2D eigenvalue weighted by atomic mass is 10.1. The van der Waals surface area contributed by atoms with Gasteiger partial charge in [0.2, 0.25) is 0 Å². The molecule has 0 aromatic heterocycles. The maximum absolute atomic E-state index is 11.5. The molecular weight excluding hydrogens is 202 g/mol. The van der Waals surface area contributed by atoms with E-state index in [0.29, 0.717) is 18.9 Å². The van der Waals surface area contributed by atoms with E-state index in [1.54, 1.807) is 0 Å². The molecule has 3 heteroatoms. The average Bonchev–Trinajstić information content (AvgIpc) is 3.11. The fourth-order valence-corrected chi connectivity index (χ4v) is 1.68. The van der Waals surface area contributed by atoms with E-state index >= 15 is 0 Å². The summed E-state index contributed by atoms with van der Waals surface area (Å²) in [5.41, 5.74) is 6.86. The summed E-state index contributed by atoms with van der Waals surface area (Å²) in [6.45, 7) is 0.344. The molecule has 2 N–H and O–H groups in total. The van der Waals surface area contributed by atoms with Crippen molar-refractivity contribution in [1.82, 2.24) is 0 Å². The van der Waals surface area contributed by atoms with Crippen molar-refractivity contribution in [2.75, 3.05) is 0 Å². The van der Waals surface area contributed by atoms with Gasteiger partial charge in [0.15, 0.2) is 0 Å². The molecule has 1 aromatic rings. The van der Waals surface area contributed by atoms with Crippen molar-refractivity contribution in [3.63, 3.8) is 0 Å². The van der Waals surface area contributed by atoms with Crippen LogP contribution in [-0.4, -0.2) is 12.0 Å². The second-order valence-electron chi connectivity index (χ2n) is 4.35. The number of rotatable bonds is 5. The average molecular weight is 219 g/mol. The van der Waals surface area contributed by atoms with Crippen LogP contribution < -0.4 is 5.73 Å². The summed E-state index contributed by atoms with van der Waals surface area (Å²) >= 11 is 0. The molecule has 0 bridgehead atoms. The summed E-state index contributed by atoms with van der Waals surface area (Å²) in [7, 11) is 0. The molecule has 0 spiro atoms. The number of nitrogens with two attached hydrogens (primary N) is 1. The molecular formula is C13H17NO2. The van der Waals surface area contributed by atoms with Gasteiger partial charge in [0.25, 0.3) is 0 Å². The first-order valence-corrected chi connectivity index (χ1v) is 5.71. The normalized spacial score (nSPS) is 16.8. The van der Waals surface area contributed by atoms with Gasteiger partial charge in [-0.25, -0.2) is 0 Å². The Bertz CT molecular complexity index is 346. The molecule has 0 saturated heterocycles. The predicted octanol–water partition coefficient (Wildman–Crippen LogP) is 1.86. The Labute approximate surface area is 95.6 Å². The van der Waals surface area contributed by atoms with E-state index in [0.717, 1.165) is 18.4 Å². The maximum Gasteiger partial charge on any atom is 0.307 e. The molecule has 1 atom stereocenters. The molecule has 0 amide bonds. The molecule has 0 radical (unpaired) electrons. The number of hydrogen-bond donors (Lipinski definition) is 1. The highest BCUT2D eigenvalue weighted by Gasteiger charge is 2.30. The topological polar surface area (TPSA) is 52.3 Å². The molecule has 1 aliphatic rings. The molecule has 16 heavy (non-hydrogen) atoms. The SMILES string of the molecule is NC(CC(=O)OCc1ccccc1)C1CC1. The number of benzene rings is 1. The first-order chi connectivity index (χ1) is 7.75. The Morgan fingerprint density at radius 1 is 1.38 bits per heavy atom. The van der Waals surface area contributed by atoms with Crippen LogP contribution in [0, 0.1) is 5.92 Å². The van der Waals surface area contributed by atoms with E-state index in [9.17, 15) is 4.79 Å². The zero-order valence-electron chi connectivity index (χ0n) is 9.26. The Morgan fingerprint density at radius 3 is 2.69 bits per heavy atom. The summed E-state index contributed by atoms with van der Waals surface area (Å²) in [4.78, 5) is 11.5. The minimum Gasteiger partial charge on any atom is -0.461 e. The van der Waals surface area contributed by atoms with Crippen molar-refractivity contribution >= 4 is 5.97 Å². The number of carbonyl (C=O) groups excluding carboxylic acids is 1. The Kier molecular flexibility index (Phi) is 3.57. The van der Waals surface area contributed by atoms with Crippen molar-refractivity contribution in [3.8, 4) is 0 Å². The van der Waals surface area contributed by atoms with E-state index in [-0.39, 0.29) is 12.0 Å². The van der Waals surface area contributed by atoms with Crippen LogP contribution >= 0.6 is 0 Å². The van der Waals surface area contributed by atoms with E-state index in [4.69, 9.17) is 10.5 Å².